The van der Waals surface area contributed by atoms with Gasteiger partial charge in [0.2, 0.25) is 0 Å². The number of likely N-dealkylation sites (tertiary alicyclic amines) is 1. The molecule has 0 spiro atoms. The van der Waals surface area contributed by atoms with Gasteiger partial charge < -0.3 is 10.2 Å². The van der Waals surface area contributed by atoms with Crippen LogP contribution in [0, 0.1) is 5.41 Å². The van der Waals surface area contributed by atoms with Crippen LogP contribution < -0.4 is 5.32 Å². The van der Waals surface area contributed by atoms with Gasteiger partial charge in [-0.15, -0.1) is 0 Å². The maximum absolute atomic E-state index is 13.0. The quantitative estimate of drug-likeness (QED) is 0.852. The predicted octanol–water partition coefficient (Wildman–Crippen LogP) is 1.61. The monoisotopic (exact) mass is 286 g/mol. The van der Waals surface area contributed by atoms with E-state index in [0.29, 0.717) is 23.7 Å². The highest BCUT2D eigenvalue weighted by molar-refractivity contribution is 5.94. The first kappa shape index (κ1) is 13.2. The Morgan fingerprint density at radius 1 is 1.38 bits per heavy atom. The standard InChI is InChI=1S/C16H22N4O/c1-16-8-12-10-17-13(16)4-2-3-5-14(16)20(12)15(21)11-6-7-18-19-9-11/h6-7,9,12-14,17H,2-5,8,10H2,1H3/t12-,13+,14-,16+/m0/s1. The molecule has 1 N–H and O–H groups in total. The fraction of sp³-hybridized carbons (Fsp3) is 0.688. The third kappa shape index (κ3) is 1.90. The Balaban J connectivity index is 1.71. The highest BCUT2D eigenvalue weighted by Gasteiger charge is 2.57. The van der Waals surface area contributed by atoms with Crippen molar-refractivity contribution in [1.82, 2.24) is 20.4 Å². The van der Waals surface area contributed by atoms with Crippen molar-refractivity contribution in [2.45, 2.75) is 57.2 Å². The molecule has 1 saturated carbocycles. The van der Waals surface area contributed by atoms with E-state index >= 15 is 0 Å². The molecule has 1 amide bonds. The molecule has 0 radical (unpaired) electrons. The molecule has 2 bridgehead atoms. The first-order chi connectivity index (χ1) is 10.2. The number of fused-ring (bicyclic) bond motifs is 1. The Labute approximate surface area is 125 Å². The number of carbonyl (C=O) groups is 1. The van der Waals surface area contributed by atoms with E-state index in [-0.39, 0.29) is 11.3 Å². The van der Waals surface area contributed by atoms with Crippen LogP contribution in [0.25, 0.3) is 0 Å². The molecule has 5 nitrogen and oxygen atoms in total. The van der Waals surface area contributed by atoms with E-state index in [4.69, 9.17) is 0 Å². The van der Waals surface area contributed by atoms with Gasteiger partial charge in [-0.3, -0.25) is 4.79 Å². The molecular formula is C16H22N4O. The van der Waals surface area contributed by atoms with Crippen LogP contribution in [-0.4, -0.2) is 45.7 Å². The SMILES string of the molecule is C[C@@]12C[C@H]3CN[C@@H]1CCCC[C@@H]2N3C(=O)c1ccnnc1. The number of rotatable bonds is 1. The molecule has 4 atom stereocenters. The molecule has 3 fully saturated rings. The zero-order valence-corrected chi connectivity index (χ0v) is 12.5. The normalized spacial score (nSPS) is 38.1. The maximum Gasteiger partial charge on any atom is 0.256 e. The van der Waals surface area contributed by atoms with Crippen LogP contribution in [0.5, 0.6) is 0 Å². The van der Waals surface area contributed by atoms with Gasteiger partial charge in [-0.2, -0.15) is 10.2 Å². The van der Waals surface area contributed by atoms with Gasteiger partial charge in [0, 0.05) is 30.1 Å². The number of hydrogen-bond acceptors (Lipinski definition) is 4. The molecule has 5 heteroatoms. The molecule has 2 saturated heterocycles. The van der Waals surface area contributed by atoms with Crippen molar-refractivity contribution in [2.24, 2.45) is 5.41 Å². The summed E-state index contributed by atoms with van der Waals surface area (Å²) in [5.41, 5.74) is 0.900. The minimum Gasteiger partial charge on any atom is -0.331 e. The zero-order chi connectivity index (χ0) is 14.4. The lowest BCUT2D eigenvalue weighted by molar-refractivity contribution is 0.0628. The van der Waals surface area contributed by atoms with Gasteiger partial charge in [0.25, 0.3) is 5.91 Å². The Kier molecular flexibility index (Phi) is 2.99. The number of carbonyl (C=O) groups excluding carboxylic acids is 1. The summed E-state index contributed by atoms with van der Waals surface area (Å²) in [6.45, 7) is 3.31. The largest absolute Gasteiger partial charge is 0.331 e. The summed E-state index contributed by atoms with van der Waals surface area (Å²) in [4.78, 5) is 15.1. The van der Waals surface area contributed by atoms with Crippen LogP contribution >= 0.6 is 0 Å². The third-order valence-electron chi connectivity index (χ3n) is 5.85. The molecule has 2 aliphatic heterocycles. The molecule has 1 aliphatic carbocycles. The highest BCUT2D eigenvalue weighted by atomic mass is 16.2. The number of aromatic nitrogens is 2. The Morgan fingerprint density at radius 3 is 3.05 bits per heavy atom. The third-order valence-corrected chi connectivity index (χ3v) is 5.85. The summed E-state index contributed by atoms with van der Waals surface area (Å²) in [5, 5.41) is 11.4. The minimum atomic E-state index is 0.132. The zero-order valence-electron chi connectivity index (χ0n) is 12.5. The molecule has 3 aliphatic rings. The van der Waals surface area contributed by atoms with Crippen molar-refractivity contribution >= 4 is 5.91 Å². The summed E-state index contributed by atoms with van der Waals surface area (Å²) in [7, 11) is 0. The Hall–Kier alpha value is -1.49. The molecule has 0 aromatic carbocycles. The van der Waals surface area contributed by atoms with Gasteiger partial charge in [0.05, 0.1) is 18.0 Å². The van der Waals surface area contributed by atoms with Crippen LogP contribution in [0.4, 0.5) is 0 Å². The van der Waals surface area contributed by atoms with E-state index < -0.39 is 0 Å². The van der Waals surface area contributed by atoms with Gasteiger partial charge in [0.1, 0.15) is 0 Å². The van der Waals surface area contributed by atoms with Gasteiger partial charge in [-0.05, 0) is 25.3 Å². The van der Waals surface area contributed by atoms with Crippen molar-refractivity contribution in [3.05, 3.63) is 24.0 Å². The molecule has 0 unspecified atom stereocenters. The van der Waals surface area contributed by atoms with E-state index in [1.807, 2.05) is 0 Å². The second-order valence-corrected chi connectivity index (χ2v) is 6.97. The van der Waals surface area contributed by atoms with E-state index in [1.54, 1.807) is 18.5 Å². The van der Waals surface area contributed by atoms with Gasteiger partial charge in [-0.25, -0.2) is 0 Å². The van der Waals surface area contributed by atoms with Crippen LogP contribution in [0.15, 0.2) is 18.5 Å². The van der Waals surface area contributed by atoms with Crippen LogP contribution in [-0.2, 0) is 0 Å². The van der Waals surface area contributed by atoms with Crippen LogP contribution in [0.2, 0.25) is 0 Å². The summed E-state index contributed by atoms with van der Waals surface area (Å²) < 4.78 is 0. The lowest BCUT2D eigenvalue weighted by atomic mass is 9.72. The summed E-state index contributed by atoms with van der Waals surface area (Å²) in [6.07, 6.45) is 9.21. The van der Waals surface area contributed by atoms with Crippen molar-refractivity contribution in [3.63, 3.8) is 0 Å². The first-order valence-electron chi connectivity index (χ1n) is 8.03. The molecule has 21 heavy (non-hydrogen) atoms. The lowest BCUT2D eigenvalue weighted by Gasteiger charge is -2.39. The van der Waals surface area contributed by atoms with Gasteiger partial charge in [0.15, 0.2) is 0 Å². The topological polar surface area (TPSA) is 58.1 Å². The first-order valence-corrected chi connectivity index (χ1v) is 8.03. The minimum absolute atomic E-state index is 0.132. The van der Waals surface area contributed by atoms with Crippen molar-refractivity contribution in [1.29, 1.82) is 0 Å². The Bertz CT molecular complexity index is 548. The van der Waals surface area contributed by atoms with E-state index in [1.165, 1.54) is 19.3 Å². The Morgan fingerprint density at radius 2 is 2.24 bits per heavy atom. The second-order valence-electron chi connectivity index (χ2n) is 6.97. The maximum atomic E-state index is 13.0. The lowest BCUT2D eigenvalue weighted by Crippen LogP contribution is -2.51. The van der Waals surface area contributed by atoms with E-state index in [0.717, 1.165) is 19.4 Å². The van der Waals surface area contributed by atoms with Gasteiger partial charge >= 0.3 is 0 Å². The fourth-order valence-electron chi connectivity index (χ4n) is 4.83. The molecule has 3 heterocycles. The van der Waals surface area contributed by atoms with Crippen molar-refractivity contribution < 1.29 is 4.79 Å². The highest BCUT2D eigenvalue weighted by Crippen LogP contribution is 2.50. The van der Waals surface area contributed by atoms with Crippen molar-refractivity contribution in [2.75, 3.05) is 6.54 Å². The number of piperidine rings is 1. The van der Waals surface area contributed by atoms with Gasteiger partial charge in [-0.1, -0.05) is 19.8 Å². The number of nitrogens with one attached hydrogen (secondary N) is 1. The second kappa shape index (κ2) is 4.77. The summed E-state index contributed by atoms with van der Waals surface area (Å²) >= 11 is 0. The predicted molar refractivity (Wildman–Crippen MR) is 78.8 cm³/mol. The smallest absolute Gasteiger partial charge is 0.256 e. The van der Waals surface area contributed by atoms with Crippen LogP contribution in [0.1, 0.15) is 49.4 Å². The number of hydrogen-bond donors (Lipinski definition) is 1. The average molecular weight is 286 g/mol. The van der Waals surface area contributed by atoms with E-state index in [9.17, 15) is 4.79 Å². The average Bonchev–Trinajstić information content (AvgIpc) is 2.63. The van der Waals surface area contributed by atoms with E-state index in [2.05, 4.69) is 27.3 Å². The molecular weight excluding hydrogens is 264 g/mol. The molecule has 1 aromatic rings. The van der Waals surface area contributed by atoms with Crippen molar-refractivity contribution in [3.8, 4) is 0 Å². The molecule has 112 valence electrons. The molecule has 1 aromatic heterocycles. The number of nitrogens with zero attached hydrogens (tertiary/aromatic N) is 3. The van der Waals surface area contributed by atoms with Crippen LogP contribution in [0.3, 0.4) is 0 Å². The fourth-order valence-corrected chi connectivity index (χ4v) is 4.83. The molecule has 4 rings (SSSR count). The summed E-state index contributed by atoms with van der Waals surface area (Å²) in [5.74, 6) is 0.132. The number of amides is 1. The summed E-state index contributed by atoms with van der Waals surface area (Å²) in [6, 6.07) is 3.04.